The van der Waals surface area contributed by atoms with Crippen LogP contribution in [0.25, 0.3) is 0 Å². The molecule has 1 aliphatic heterocycles. The van der Waals surface area contributed by atoms with Gasteiger partial charge < -0.3 is 5.73 Å². The summed E-state index contributed by atoms with van der Waals surface area (Å²) < 4.78 is 0. The Labute approximate surface area is 121 Å². The first kappa shape index (κ1) is 14.9. The molecule has 0 aromatic heterocycles. The second-order valence-electron chi connectivity index (χ2n) is 5.74. The SMILES string of the molecule is Cc1cc(C)c(C(CN)N2CCSC(C)C2)c(C)c1. The third-order valence-corrected chi connectivity index (χ3v) is 5.14. The van der Waals surface area contributed by atoms with E-state index in [9.17, 15) is 0 Å². The van der Waals surface area contributed by atoms with Crippen LogP contribution >= 0.6 is 11.8 Å². The summed E-state index contributed by atoms with van der Waals surface area (Å²) in [6.07, 6.45) is 0. The number of aryl methyl sites for hydroxylation is 3. The molecular formula is C16H26N2S. The molecule has 1 fully saturated rings. The number of rotatable bonds is 3. The van der Waals surface area contributed by atoms with Crippen LogP contribution in [0.15, 0.2) is 12.1 Å². The fraction of sp³-hybridized carbons (Fsp3) is 0.625. The van der Waals surface area contributed by atoms with Gasteiger partial charge in [0.2, 0.25) is 0 Å². The molecule has 1 aromatic carbocycles. The fourth-order valence-electron chi connectivity index (χ4n) is 3.29. The highest BCUT2D eigenvalue weighted by molar-refractivity contribution is 7.99. The summed E-state index contributed by atoms with van der Waals surface area (Å²) >= 11 is 2.07. The summed E-state index contributed by atoms with van der Waals surface area (Å²) in [5, 5.41) is 0.717. The van der Waals surface area contributed by atoms with Crippen molar-refractivity contribution in [3.63, 3.8) is 0 Å². The third-order valence-electron chi connectivity index (χ3n) is 4.01. The van der Waals surface area contributed by atoms with E-state index in [1.807, 2.05) is 0 Å². The van der Waals surface area contributed by atoms with Crippen LogP contribution in [0, 0.1) is 20.8 Å². The highest BCUT2D eigenvalue weighted by Gasteiger charge is 2.26. The van der Waals surface area contributed by atoms with Gasteiger partial charge in [-0.1, -0.05) is 24.6 Å². The van der Waals surface area contributed by atoms with E-state index in [1.165, 1.54) is 28.0 Å². The molecule has 0 saturated carbocycles. The van der Waals surface area contributed by atoms with Gasteiger partial charge in [-0.3, -0.25) is 4.90 Å². The van der Waals surface area contributed by atoms with Gasteiger partial charge in [-0.05, 0) is 37.5 Å². The van der Waals surface area contributed by atoms with Crippen molar-refractivity contribution in [2.75, 3.05) is 25.4 Å². The number of hydrogen-bond acceptors (Lipinski definition) is 3. The summed E-state index contributed by atoms with van der Waals surface area (Å²) in [6.45, 7) is 11.9. The van der Waals surface area contributed by atoms with Gasteiger partial charge in [0, 0.05) is 36.7 Å². The quantitative estimate of drug-likeness (QED) is 0.921. The topological polar surface area (TPSA) is 29.3 Å². The van der Waals surface area contributed by atoms with E-state index in [0.29, 0.717) is 17.8 Å². The van der Waals surface area contributed by atoms with Crippen molar-refractivity contribution in [2.24, 2.45) is 5.73 Å². The van der Waals surface area contributed by atoms with Crippen LogP contribution < -0.4 is 5.73 Å². The molecule has 0 amide bonds. The fourth-order valence-corrected chi connectivity index (χ4v) is 4.33. The molecule has 2 N–H and O–H groups in total. The molecule has 1 heterocycles. The van der Waals surface area contributed by atoms with E-state index >= 15 is 0 Å². The lowest BCUT2D eigenvalue weighted by Crippen LogP contribution is -2.42. The van der Waals surface area contributed by atoms with E-state index in [2.05, 4.69) is 56.5 Å². The van der Waals surface area contributed by atoms with Crippen molar-refractivity contribution in [2.45, 2.75) is 39.0 Å². The van der Waals surface area contributed by atoms with Gasteiger partial charge >= 0.3 is 0 Å². The highest BCUT2D eigenvalue weighted by Crippen LogP contribution is 2.31. The number of benzene rings is 1. The molecule has 2 rings (SSSR count). The molecule has 1 saturated heterocycles. The van der Waals surface area contributed by atoms with Crippen molar-refractivity contribution in [3.05, 3.63) is 34.4 Å². The molecule has 0 bridgehead atoms. The average molecular weight is 278 g/mol. The summed E-state index contributed by atoms with van der Waals surface area (Å²) in [6, 6.07) is 4.95. The lowest BCUT2D eigenvalue weighted by atomic mass is 9.93. The van der Waals surface area contributed by atoms with Crippen molar-refractivity contribution in [1.29, 1.82) is 0 Å². The molecule has 1 aliphatic rings. The molecule has 0 aliphatic carbocycles. The Morgan fingerprint density at radius 2 is 1.95 bits per heavy atom. The molecule has 106 valence electrons. The number of hydrogen-bond donors (Lipinski definition) is 1. The first-order valence-electron chi connectivity index (χ1n) is 7.16. The molecule has 0 radical (unpaired) electrons. The van der Waals surface area contributed by atoms with Crippen molar-refractivity contribution < 1.29 is 0 Å². The van der Waals surface area contributed by atoms with Crippen molar-refractivity contribution >= 4 is 11.8 Å². The summed E-state index contributed by atoms with van der Waals surface area (Å²) in [7, 11) is 0. The molecule has 0 spiro atoms. The Morgan fingerprint density at radius 3 is 2.47 bits per heavy atom. The number of thioether (sulfide) groups is 1. The Morgan fingerprint density at radius 1 is 1.32 bits per heavy atom. The van der Waals surface area contributed by atoms with Crippen molar-refractivity contribution in [3.8, 4) is 0 Å². The standard InChI is InChI=1S/C16H26N2S/c1-11-7-12(2)16(13(3)8-11)15(9-17)18-5-6-19-14(4)10-18/h7-8,14-15H,5-6,9-10,17H2,1-4H3. The Kier molecular flexibility index (Phi) is 4.93. The molecule has 2 unspecified atom stereocenters. The highest BCUT2D eigenvalue weighted by atomic mass is 32.2. The van der Waals surface area contributed by atoms with Crippen LogP contribution in [0.3, 0.4) is 0 Å². The van der Waals surface area contributed by atoms with Crippen molar-refractivity contribution in [1.82, 2.24) is 4.90 Å². The molecular weight excluding hydrogens is 252 g/mol. The minimum absolute atomic E-state index is 0.379. The van der Waals surface area contributed by atoms with Crippen LogP contribution in [0.2, 0.25) is 0 Å². The second-order valence-corrected chi connectivity index (χ2v) is 7.29. The number of nitrogens with zero attached hydrogens (tertiary/aromatic N) is 1. The molecule has 3 heteroatoms. The van der Waals surface area contributed by atoms with Crippen LogP contribution in [0.4, 0.5) is 0 Å². The Hall–Kier alpha value is -0.510. The van der Waals surface area contributed by atoms with E-state index < -0.39 is 0 Å². The van der Waals surface area contributed by atoms with E-state index in [1.54, 1.807) is 0 Å². The smallest absolute Gasteiger partial charge is 0.0476 e. The molecule has 1 aromatic rings. The lowest BCUT2D eigenvalue weighted by Gasteiger charge is -2.38. The second kappa shape index (κ2) is 6.29. The largest absolute Gasteiger partial charge is 0.329 e. The Balaban J connectivity index is 2.31. The minimum atomic E-state index is 0.379. The zero-order valence-corrected chi connectivity index (χ0v) is 13.4. The van der Waals surface area contributed by atoms with Gasteiger partial charge in [0.1, 0.15) is 0 Å². The monoisotopic (exact) mass is 278 g/mol. The van der Waals surface area contributed by atoms with Crippen LogP contribution in [0.5, 0.6) is 0 Å². The third kappa shape index (κ3) is 3.33. The normalized spacial score (nSPS) is 22.5. The van der Waals surface area contributed by atoms with Gasteiger partial charge in [0.25, 0.3) is 0 Å². The van der Waals surface area contributed by atoms with Crippen LogP contribution in [-0.2, 0) is 0 Å². The maximum absolute atomic E-state index is 6.11. The molecule has 2 nitrogen and oxygen atoms in total. The van der Waals surface area contributed by atoms with Gasteiger partial charge in [0.05, 0.1) is 0 Å². The van der Waals surface area contributed by atoms with Gasteiger partial charge in [-0.15, -0.1) is 0 Å². The summed E-state index contributed by atoms with van der Waals surface area (Å²) in [4.78, 5) is 2.58. The zero-order chi connectivity index (χ0) is 14.0. The molecule has 2 atom stereocenters. The predicted molar refractivity (Wildman–Crippen MR) is 85.9 cm³/mol. The van der Waals surface area contributed by atoms with Gasteiger partial charge in [0.15, 0.2) is 0 Å². The zero-order valence-electron chi connectivity index (χ0n) is 12.6. The summed E-state index contributed by atoms with van der Waals surface area (Å²) in [5.74, 6) is 1.22. The minimum Gasteiger partial charge on any atom is -0.329 e. The predicted octanol–water partition coefficient (Wildman–Crippen LogP) is 3.05. The van der Waals surface area contributed by atoms with Gasteiger partial charge in [-0.2, -0.15) is 11.8 Å². The Bertz CT molecular complexity index is 421. The maximum atomic E-state index is 6.11. The first-order valence-corrected chi connectivity index (χ1v) is 8.21. The van der Waals surface area contributed by atoms with E-state index in [4.69, 9.17) is 5.73 Å². The van der Waals surface area contributed by atoms with Gasteiger partial charge in [-0.25, -0.2) is 0 Å². The number of nitrogens with two attached hydrogens (primary N) is 1. The first-order chi connectivity index (χ1) is 9.02. The van der Waals surface area contributed by atoms with E-state index in [-0.39, 0.29) is 0 Å². The van der Waals surface area contributed by atoms with E-state index in [0.717, 1.165) is 13.1 Å². The summed E-state index contributed by atoms with van der Waals surface area (Å²) in [5.41, 5.74) is 11.7. The maximum Gasteiger partial charge on any atom is 0.0476 e. The lowest BCUT2D eigenvalue weighted by molar-refractivity contribution is 0.210. The van der Waals surface area contributed by atoms with Crippen LogP contribution in [-0.4, -0.2) is 35.5 Å². The average Bonchev–Trinajstić information content (AvgIpc) is 2.33. The molecule has 19 heavy (non-hydrogen) atoms. The van der Waals surface area contributed by atoms with Crippen LogP contribution in [0.1, 0.15) is 35.2 Å².